The number of benzene rings is 2. The summed E-state index contributed by atoms with van der Waals surface area (Å²) in [6, 6.07) is 15.0. The minimum atomic E-state index is -0.176. The standard InChI is InChI=1S/C18H12ClN3OS/c1-24-18-20-10-12-16(21-18)11-6-2-4-8-14(11)22(17(12)23)15-9-5-3-7-13(15)19/h2-10H,1H3. The molecule has 24 heavy (non-hydrogen) atoms. The molecule has 4 aromatic rings. The van der Waals surface area contributed by atoms with Crippen molar-refractivity contribution < 1.29 is 0 Å². The zero-order chi connectivity index (χ0) is 16.7. The van der Waals surface area contributed by atoms with Gasteiger partial charge >= 0.3 is 0 Å². The molecule has 0 aliphatic heterocycles. The molecule has 4 nitrogen and oxygen atoms in total. The molecule has 6 heteroatoms. The van der Waals surface area contributed by atoms with E-state index in [1.165, 1.54) is 11.8 Å². The van der Waals surface area contributed by atoms with Crippen molar-refractivity contribution in [2.24, 2.45) is 0 Å². The maximum absolute atomic E-state index is 13.1. The van der Waals surface area contributed by atoms with Gasteiger partial charge in [-0.05, 0) is 24.5 Å². The van der Waals surface area contributed by atoms with Crippen molar-refractivity contribution in [3.8, 4) is 5.69 Å². The van der Waals surface area contributed by atoms with Crippen LogP contribution in [-0.2, 0) is 0 Å². The molecular formula is C18H12ClN3OS. The maximum Gasteiger partial charge on any atom is 0.266 e. The lowest BCUT2D eigenvalue weighted by molar-refractivity contribution is 0.992. The van der Waals surface area contributed by atoms with Gasteiger partial charge in [-0.25, -0.2) is 9.97 Å². The molecule has 0 atom stereocenters. The van der Waals surface area contributed by atoms with Crippen molar-refractivity contribution in [1.29, 1.82) is 0 Å². The molecule has 0 fully saturated rings. The second-order valence-corrected chi connectivity index (χ2v) is 6.41. The molecule has 0 saturated carbocycles. The topological polar surface area (TPSA) is 47.8 Å². The third kappa shape index (κ3) is 2.28. The van der Waals surface area contributed by atoms with Crippen LogP contribution in [0.4, 0.5) is 0 Å². The Balaban J connectivity index is 2.24. The van der Waals surface area contributed by atoms with Gasteiger partial charge in [-0.1, -0.05) is 53.7 Å². The van der Waals surface area contributed by atoms with Crippen LogP contribution in [0, 0.1) is 0 Å². The van der Waals surface area contributed by atoms with Crippen LogP contribution in [-0.4, -0.2) is 20.8 Å². The predicted octanol–water partition coefficient (Wildman–Crippen LogP) is 4.31. The third-order valence-corrected chi connectivity index (χ3v) is 4.76. The molecule has 4 rings (SSSR count). The first-order chi connectivity index (χ1) is 11.7. The summed E-state index contributed by atoms with van der Waals surface area (Å²) in [4.78, 5) is 21.9. The van der Waals surface area contributed by atoms with Crippen LogP contribution in [0.5, 0.6) is 0 Å². The number of pyridine rings is 1. The van der Waals surface area contributed by atoms with Gasteiger partial charge in [0, 0.05) is 11.6 Å². The summed E-state index contributed by atoms with van der Waals surface area (Å²) >= 11 is 7.78. The van der Waals surface area contributed by atoms with Gasteiger partial charge in [0.15, 0.2) is 5.16 Å². The molecule has 118 valence electrons. The fourth-order valence-corrected chi connectivity index (χ4v) is 3.36. The summed E-state index contributed by atoms with van der Waals surface area (Å²) in [7, 11) is 0. The number of rotatable bonds is 2. The number of aromatic nitrogens is 3. The van der Waals surface area contributed by atoms with Crippen molar-refractivity contribution in [3.05, 3.63) is 70.1 Å². The Morgan fingerprint density at radius 1 is 1.04 bits per heavy atom. The van der Waals surface area contributed by atoms with E-state index in [4.69, 9.17) is 11.6 Å². The Bertz CT molecular complexity index is 1140. The fourth-order valence-electron chi connectivity index (χ4n) is 2.80. The average molecular weight is 354 g/mol. The molecule has 0 spiro atoms. The average Bonchev–Trinajstić information content (AvgIpc) is 2.63. The van der Waals surface area contributed by atoms with Gasteiger partial charge in [0.2, 0.25) is 0 Å². The normalized spacial score (nSPS) is 11.2. The van der Waals surface area contributed by atoms with Crippen LogP contribution >= 0.6 is 23.4 Å². The molecule has 0 radical (unpaired) electrons. The molecule has 0 N–H and O–H groups in total. The minimum Gasteiger partial charge on any atom is -0.275 e. The summed E-state index contributed by atoms with van der Waals surface area (Å²) in [5.41, 5.74) is 1.91. The van der Waals surface area contributed by atoms with Crippen LogP contribution in [0.2, 0.25) is 5.02 Å². The Labute approximate surface area is 147 Å². The lowest BCUT2D eigenvalue weighted by Gasteiger charge is -2.14. The van der Waals surface area contributed by atoms with E-state index in [1.807, 2.05) is 48.7 Å². The van der Waals surface area contributed by atoms with Crippen molar-refractivity contribution >= 4 is 45.2 Å². The summed E-state index contributed by atoms with van der Waals surface area (Å²) in [6.07, 6.45) is 3.50. The fraction of sp³-hybridized carbons (Fsp3) is 0.0556. The van der Waals surface area contributed by atoms with Crippen LogP contribution in [0.15, 0.2) is 64.7 Å². The van der Waals surface area contributed by atoms with E-state index < -0.39 is 0 Å². The number of hydrogen-bond acceptors (Lipinski definition) is 4. The number of halogens is 1. The van der Waals surface area contributed by atoms with E-state index in [1.54, 1.807) is 16.8 Å². The first-order valence-corrected chi connectivity index (χ1v) is 8.90. The number of hydrogen-bond donors (Lipinski definition) is 0. The monoisotopic (exact) mass is 353 g/mol. The van der Waals surface area contributed by atoms with Gasteiger partial charge < -0.3 is 0 Å². The zero-order valence-electron chi connectivity index (χ0n) is 12.7. The molecular weight excluding hydrogens is 342 g/mol. The Hall–Kier alpha value is -2.37. The first kappa shape index (κ1) is 15.2. The van der Waals surface area contributed by atoms with E-state index in [0.29, 0.717) is 26.8 Å². The van der Waals surface area contributed by atoms with Crippen molar-refractivity contribution in [2.75, 3.05) is 6.26 Å². The molecule has 2 aromatic heterocycles. The lowest BCUT2D eigenvalue weighted by Crippen LogP contribution is -2.20. The van der Waals surface area contributed by atoms with E-state index in [-0.39, 0.29) is 5.56 Å². The van der Waals surface area contributed by atoms with Gasteiger partial charge in [0.1, 0.15) is 0 Å². The molecule has 0 unspecified atom stereocenters. The minimum absolute atomic E-state index is 0.176. The number of nitrogens with zero attached hydrogens (tertiary/aromatic N) is 3. The quantitative estimate of drug-likeness (QED) is 0.306. The molecule has 0 aliphatic carbocycles. The summed E-state index contributed by atoms with van der Waals surface area (Å²) < 4.78 is 1.63. The number of para-hydroxylation sites is 2. The molecule has 0 saturated heterocycles. The molecule has 2 heterocycles. The summed E-state index contributed by atoms with van der Waals surface area (Å²) in [5, 5.41) is 2.53. The molecule has 0 bridgehead atoms. The lowest BCUT2D eigenvalue weighted by atomic mass is 10.1. The second kappa shape index (κ2) is 5.92. The van der Waals surface area contributed by atoms with Gasteiger partial charge in [0.25, 0.3) is 5.56 Å². The van der Waals surface area contributed by atoms with Gasteiger partial charge in [-0.15, -0.1) is 0 Å². The van der Waals surface area contributed by atoms with Crippen molar-refractivity contribution in [2.45, 2.75) is 5.16 Å². The van der Waals surface area contributed by atoms with E-state index in [2.05, 4.69) is 9.97 Å². The first-order valence-electron chi connectivity index (χ1n) is 7.30. The SMILES string of the molecule is CSc1ncc2c(=O)n(-c3ccccc3Cl)c3ccccc3c2n1. The van der Waals surface area contributed by atoms with Crippen molar-refractivity contribution in [3.63, 3.8) is 0 Å². The Kier molecular flexibility index (Phi) is 3.75. The van der Waals surface area contributed by atoms with Crippen LogP contribution < -0.4 is 5.56 Å². The highest BCUT2D eigenvalue weighted by atomic mass is 35.5. The van der Waals surface area contributed by atoms with Gasteiger partial charge in [0.05, 0.1) is 27.1 Å². The number of thioether (sulfide) groups is 1. The van der Waals surface area contributed by atoms with Crippen LogP contribution in [0.3, 0.4) is 0 Å². The highest BCUT2D eigenvalue weighted by Gasteiger charge is 2.15. The highest BCUT2D eigenvalue weighted by molar-refractivity contribution is 7.98. The molecule has 0 amide bonds. The molecule has 0 aliphatic rings. The maximum atomic E-state index is 13.1. The smallest absolute Gasteiger partial charge is 0.266 e. The third-order valence-electron chi connectivity index (χ3n) is 3.88. The molecule has 2 aromatic carbocycles. The van der Waals surface area contributed by atoms with Gasteiger partial charge in [-0.3, -0.25) is 9.36 Å². The highest BCUT2D eigenvalue weighted by Crippen LogP contribution is 2.27. The zero-order valence-corrected chi connectivity index (χ0v) is 14.3. The van der Waals surface area contributed by atoms with E-state index in [0.717, 1.165) is 10.9 Å². The van der Waals surface area contributed by atoms with Crippen LogP contribution in [0.1, 0.15) is 0 Å². The predicted molar refractivity (Wildman–Crippen MR) is 99.4 cm³/mol. The summed E-state index contributed by atoms with van der Waals surface area (Å²) in [6.45, 7) is 0. The Morgan fingerprint density at radius 2 is 1.79 bits per heavy atom. The van der Waals surface area contributed by atoms with Crippen LogP contribution in [0.25, 0.3) is 27.5 Å². The van der Waals surface area contributed by atoms with E-state index >= 15 is 0 Å². The second-order valence-electron chi connectivity index (χ2n) is 5.23. The Morgan fingerprint density at radius 3 is 2.58 bits per heavy atom. The van der Waals surface area contributed by atoms with Crippen molar-refractivity contribution in [1.82, 2.24) is 14.5 Å². The number of fused-ring (bicyclic) bond motifs is 3. The van der Waals surface area contributed by atoms with Gasteiger partial charge in [-0.2, -0.15) is 0 Å². The largest absolute Gasteiger partial charge is 0.275 e. The van der Waals surface area contributed by atoms with E-state index in [9.17, 15) is 4.79 Å². The summed E-state index contributed by atoms with van der Waals surface area (Å²) in [5.74, 6) is 0.